The molecule has 1 amide bonds. The maximum absolute atomic E-state index is 13.5. The summed E-state index contributed by atoms with van der Waals surface area (Å²) in [6, 6.07) is 4.78. The molecule has 4 rings (SSSR count). The fourth-order valence-corrected chi connectivity index (χ4v) is 5.97. The summed E-state index contributed by atoms with van der Waals surface area (Å²) in [7, 11) is 4.46. The average Bonchev–Trinajstić information content (AvgIpc) is 3.33. The molecule has 1 aromatic rings. The highest BCUT2D eigenvalue weighted by Gasteiger charge is 2.43. The van der Waals surface area contributed by atoms with E-state index in [1.807, 2.05) is 16.4 Å². The highest BCUT2D eigenvalue weighted by atomic mass is 32.2. The molecule has 1 aromatic carbocycles. The van der Waals surface area contributed by atoms with Crippen molar-refractivity contribution < 1.29 is 33.3 Å². The first-order chi connectivity index (χ1) is 18.3. The Morgan fingerprint density at radius 1 is 1.16 bits per heavy atom. The number of benzene rings is 1. The minimum absolute atomic E-state index is 0.0873. The molecule has 1 saturated heterocycles. The van der Waals surface area contributed by atoms with Crippen LogP contribution in [-0.4, -0.2) is 73.8 Å². The van der Waals surface area contributed by atoms with Crippen molar-refractivity contribution >= 4 is 34.8 Å². The van der Waals surface area contributed by atoms with Crippen molar-refractivity contribution in [3.8, 4) is 11.5 Å². The molecule has 11 heteroatoms. The van der Waals surface area contributed by atoms with E-state index in [9.17, 15) is 14.4 Å². The van der Waals surface area contributed by atoms with Crippen molar-refractivity contribution in [2.24, 2.45) is 10.9 Å². The zero-order valence-corrected chi connectivity index (χ0v) is 23.1. The molecule has 0 aromatic heterocycles. The van der Waals surface area contributed by atoms with Gasteiger partial charge < -0.3 is 28.7 Å². The van der Waals surface area contributed by atoms with Crippen molar-refractivity contribution in [1.82, 2.24) is 9.80 Å². The van der Waals surface area contributed by atoms with Gasteiger partial charge in [-0.25, -0.2) is 9.79 Å². The maximum Gasteiger partial charge on any atom is 0.338 e. The standard InChI is InChI=1S/C27H33N3O7S/c1-6-37-25(32)17-8-7-11-29(14-17)22(31)12-18-15-38-27-28-16(2)23(26(33)36-5)24(30(18)27)20-10-9-19(34-3)13-21(20)35-4/h9-10,13,15,17,24H,6-8,11-12,14H2,1-5H3/t17-,24-/m1/s1. The Labute approximate surface area is 226 Å². The van der Waals surface area contributed by atoms with Gasteiger partial charge in [-0.1, -0.05) is 11.8 Å². The van der Waals surface area contributed by atoms with Crippen molar-refractivity contribution in [1.29, 1.82) is 0 Å². The summed E-state index contributed by atoms with van der Waals surface area (Å²) in [6.07, 6.45) is 1.53. The van der Waals surface area contributed by atoms with Crippen molar-refractivity contribution in [3.63, 3.8) is 0 Å². The number of esters is 2. The van der Waals surface area contributed by atoms with Crippen LogP contribution in [0.25, 0.3) is 0 Å². The van der Waals surface area contributed by atoms with Gasteiger partial charge in [0.1, 0.15) is 11.5 Å². The zero-order chi connectivity index (χ0) is 27.4. The molecule has 204 valence electrons. The largest absolute Gasteiger partial charge is 0.497 e. The number of allylic oxidation sites excluding steroid dienone is 1. The maximum atomic E-state index is 13.5. The number of thioether (sulfide) groups is 1. The Hall–Kier alpha value is -3.47. The van der Waals surface area contributed by atoms with Crippen molar-refractivity contribution in [3.05, 3.63) is 46.1 Å². The van der Waals surface area contributed by atoms with Gasteiger partial charge in [0.05, 0.1) is 57.6 Å². The van der Waals surface area contributed by atoms with E-state index < -0.39 is 12.0 Å². The molecule has 1 fully saturated rings. The van der Waals surface area contributed by atoms with Crippen LogP contribution in [0.15, 0.2) is 45.6 Å². The summed E-state index contributed by atoms with van der Waals surface area (Å²) >= 11 is 1.40. The van der Waals surface area contributed by atoms with Crippen LogP contribution in [0.5, 0.6) is 11.5 Å². The monoisotopic (exact) mass is 543 g/mol. The van der Waals surface area contributed by atoms with E-state index in [0.29, 0.717) is 65.3 Å². The number of carbonyl (C=O) groups is 3. The van der Waals surface area contributed by atoms with Gasteiger partial charge in [0, 0.05) is 30.4 Å². The minimum Gasteiger partial charge on any atom is -0.497 e. The minimum atomic E-state index is -0.626. The summed E-state index contributed by atoms with van der Waals surface area (Å²) < 4.78 is 21.4. The predicted octanol–water partition coefficient (Wildman–Crippen LogP) is 3.64. The summed E-state index contributed by atoms with van der Waals surface area (Å²) in [5.74, 6) is -0.0533. The molecule has 3 heterocycles. The van der Waals surface area contributed by atoms with Gasteiger partial charge >= 0.3 is 11.9 Å². The number of nitrogens with zero attached hydrogens (tertiary/aromatic N) is 3. The smallest absolute Gasteiger partial charge is 0.338 e. The lowest BCUT2D eigenvalue weighted by molar-refractivity contribution is -0.151. The number of likely N-dealkylation sites (tertiary alicyclic amines) is 1. The second-order valence-electron chi connectivity index (χ2n) is 9.10. The van der Waals surface area contributed by atoms with Crippen LogP contribution in [-0.2, 0) is 23.9 Å². The van der Waals surface area contributed by atoms with E-state index in [1.165, 1.54) is 18.9 Å². The number of hydrogen-bond acceptors (Lipinski definition) is 10. The van der Waals surface area contributed by atoms with Crippen LogP contribution < -0.4 is 9.47 Å². The summed E-state index contributed by atoms with van der Waals surface area (Å²) in [4.78, 5) is 47.1. The van der Waals surface area contributed by atoms with E-state index in [2.05, 4.69) is 4.99 Å². The molecule has 0 aliphatic carbocycles. The van der Waals surface area contributed by atoms with Gasteiger partial charge in [-0.2, -0.15) is 0 Å². The van der Waals surface area contributed by atoms with Gasteiger partial charge in [0.15, 0.2) is 5.17 Å². The number of fused-ring (bicyclic) bond motifs is 1. The molecule has 0 N–H and O–H groups in total. The molecule has 38 heavy (non-hydrogen) atoms. The molecule has 0 spiro atoms. The normalized spacial score (nSPS) is 20.9. The fraction of sp³-hybridized carbons (Fsp3) is 0.481. The molecule has 3 aliphatic heterocycles. The second kappa shape index (κ2) is 11.9. The number of piperidine rings is 1. The Morgan fingerprint density at radius 2 is 1.95 bits per heavy atom. The molecule has 0 unspecified atom stereocenters. The number of aliphatic imine (C=N–C) groups is 1. The third-order valence-corrected chi connectivity index (χ3v) is 7.76. The second-order valence-corrected chi connectivity index (χ2v) is 9.94. The highest BCUT2D eigenvalue weighted by Crippen LogP contribution is 2.47. The Bertz CT molecular complexity index is 1210. The first-order valence-electron chi connectivity index (χ1n) is 12.5. The third kappa shape index (κ3) is 5.38. The van der Waals surface area contributed by atoms with Gasteiger partial charge in [0.25, 0.3) is 0 Å². The zero-order valence-electron chi connectivity index (χ0n) is 22.3. The lowest BCUT2D eigenvalue weighted by atomic mass is 9.92. The molecule has 0 bridgehead atoms. The topological polar surface area (TPSA) is 107 Å². The van der Waals surface area contributed by atoms with E-state index >= 15 is 0 Å². The Morgan fingerprint density at radius 3 is 2.63 bits per heavy atom. The van der Waals surface area contributed by atoms with Gasteiger partial charge in [-0.05, 0) is 44.2 Å². The van der Waals surface area contributed by atoms with Crippen LogP contribution >= 0.6 is 11.8 Å². The molecular weight excluding hydrogens is 510 g/mol. The van der Waals surface area contributed by atoms with Crippen LogP contribution in [0.2, 0.25) is 0 Å². The SMILES string of the molecule is CCOC(=O)[C@@H]1CCCN(C(=O)CC2=CSC3=NC(C)=C(C(=O)OC)[C@@H](c4ccc(OC)cc4OC)N23)C1. The average molecular weight is 544 g/mol. The quantitative estimate of drug-likeness (QED) is 0.454. The van der Waals surface area contributed by atoms with Gasteiger partial charge in [0.2, 0.25) is 5.91 Å². The number of carbonyl (C=O) groups excluding carboxylic acids is 3. The van der Waals surface area contributed by atoms with Crippen LogP contribution in [0.1, 0.15) is 44.7 Å². The van der Waals surface area contributed by atoms with Gasteiger partial charge in [-0.15, -0.1) is 0 Å². The number of hydrogen-bond donors (Lipinski definition) is 0. The number of methoxy groups -OCH3 is 3. The van der Waals surface area contributed by atoms with Gasteiger partial charge in [-0.3, -0.25) is 9.59 Å². The molecular formula is C27H33N3O7S. The van der Waals surface area contributed by atoms with Crippen molar-refractivity contribution in [2.75, 3.05) is 41.0 Å². The first-order valence-corrected chi connectivity index (χ1v) is 13.4. The van der Waals surface area contributed by atoms with Crippen LogP contribution in [0.3, 0.4) is 0 Å². The number of amidine groups is 1. The molecule has 0 radical (unpaired) electrons. The summed E-state index contributed by atoms with van der Waals surface area (Å²) in [5.41, 5.74) is 2.31. The highest BCUT2D eigenvalue weighted by molar-refractivity contribution is 8.16. The van der Waals surface area contributed by atoms with E-state index in [0.717, 1.165) is 6.42 Å². The predicted molar refractivity (Wildman–Crippen MR) is 143 cm³/mol. The molecule has 2 atom stereocenters. The first kappa shape index (κ1) is 27.6. The fourth-order valence-electron chi connectivity index (χ4n) is 5.00. The van der Waals surface area contributed by atoms with E-state index in [-0.39, 0.29) is 24.2 Å². The number of rotatable bonds is 8. The van der Waals surface area contributed by atoms with E-state index in [4.69, 9.17) is 18.9 Å². The third-order valence-electron chi connectivity index (χ3n) is 6.87. The summed E-state index contributed by atoms with van der Waals surface area (Å²) in [6.45, 7) is 4.78. The Kier molecular flexibility index (Phi) is 8.65. The lowest BCUT2D eigenvalue weighted by Crippen LogP contribution is -2.44. The molecule has 10 nitrogen and oxygen atoms in total. The number of amides is 1. The van der Waals surface area contributed by atoms with Crippen LogP contribution in [0, 0.1) is 5.92 Å². The van der Waals surface area contributed by atoms with Crippen LogP contribution in [0.4, 0.5) is 0 Å². The summed E-state index contributed by atoms with van der Waals surface area (Å²) in [5, 5.41) is 2.55. The number of ether oxygens (including phenoxy) is 4. The molecule has 0 saturated carbocycles. The molecule has 3 aliphatic rings. The lowest BCUT2D eigenvalue weighted by Gasteiger charge is -2.37. The Balaban J connectivity index is 1.65. The van der Waals surface area contributed by atoms with E-state index in [1.54, 1.807) is 45.1 Å². The van der Waals surface area contributed by atoms with Crippen molar-refractivity contribution in [2.45, 2.75) is 39.2 Å².